The summed E-state index contributed by atoms with van der Waals surface area (Å²) < 4.78 is 20.3. The molecule has 6 rings (SSSR count). The van der Waals surface area contributed by atoms with Crippen molar-refractivity contribution >= 4 is 76.3 Å². The Labute approximate surface area is 346 Å². The predicted molar refractivity (Wildman–Crippen MR) is 214 cm³/mol. The summed E-state index contributed by atoms with van der Waals surface area (Å²) >= 11 is 14.2. The van der Waals surface area contributed by atoms with Gasteiger partial charge in [-0.05, 0) is 83.3 Å². The average molecular weight is 889 g/mol. The van der Waals surface area contributed by atoms with Crippen LogP contribution in [-0.2, 0) is 0 Å². The van der Waals surface area contributed by atoms with Gasteiger partial charge in [0.2, 0.25) is 15.9 Å². The Bertz CT molecular complexity index is 1970. The first-order valence-electron chi connectivity index (χ1n) is 15.0. The van der Waals surface area contributed by atoms with E-state index in [9.17, 15) is 15.3 Å². The highest BCUT2D eigenvalue weighted by atomic mass is 35.8. The van der Waals surface area contributed by atoms with E-state index in [-0.39, 0.29) is 56.3 Å². The molecule has 288 valence electrons. The summed E-state index contributed by atoms with van der Waals surface area (Å²) in [7, 11) is 20.9. The molecule has 0 bridgehead atoms. The maximum atomic E-state index is 10.5. The third kappa shape index (κ3) is 14.3. The Morgan fingerprint density at radius 2 is 0.727 bits per heavy atom. The van der Waals surface area contributed by atoms with Crippen LogP contribution in [0.15, 0.2) is 78.9 Å². The van der Waals surface area contributed by atoms with E-state index < -0.39 is 11.4 Å². The van der Waals surface area contributed by atoms with Gasteiger partial charge in [-0.2, -0.15) is 15.0 Å². The molecule has 0 radical (unpaired) electrons. The predicted octanol–water partition coefficient (Wildman–Crippen LogP) is 8.94. The summed E-state index contributed by atoms with van der Waals surface area (Å²) in [5, 5.41) is 40.5. The molecular weight excluding hydrogens is 860 g/mol. The Hall–Kier alpha value is -4.43. The maximum Gasteiger partial charge on any atom is 0.643 e. The lowest BCUT2D eigenvalue weighted by molar-refractivity contribution is 0.407. The second-order valence-electron chi connectivity index (χ2n) is 10.0. The molecule has 0 unspecified atom stereocenters. The molecule has 0 saturated carbocycles. The molecule has 0 aliphatic rings. The normalized spacial score (nSPS) is 9.93. The van der Waals surface area contributed by atoms with E-state index in [2.05, 4.69) is 29.9 Å². The molecule has 2 heterocycles. The zero-order valence-electron chi connectivity index (χ0n) is 29.0. The standard InChI is InChI=1S/C24H21N3O6.C7H8O2.C3Cl3N3.Al.3ClH/c1-31-13-4-7-16(19(28)10-13)22-25-23(17-8-5-14(32-2)11-20(17)29)27-24(26-22)18-9-6-15(33-3)12-21(18)30;1-9-7-4-2-3-6(8)5-7;4-1-7-2(5)9-3(6)8-1;;;;/h4-12,28-30H,1-3H3;2-5,8H,1H3;;;3*1H/q;;;+3;;;/p-3. The third-order valence-corrected chi connectivity index (χ3v) is 7.09. The van der Waals surface area contributed by atoms with Gasteiger partial charge in [0, 0.05) is 24.3 Å². The van der Waals surface area contributed by atoms with Crippen LogP contribution in [0.2, 0.25) is 15.9 Å². The van der Waals surface area contributed by atoms with Crippen molar-refractivity contribution in [1.82, 2.24) is 29.9 Å². The minimum atomic E-state index is -1.72. The van der Waals surface area contributed by atoms with Crippen molar-refractivity contribution < 1.29 is 39.4 Å². The van der Waals surface area contributed by atoms with Crippen LogP contribution in [0.25, 0.3) is 34.2 Å². The number of aromatic nitrogens is 6. The Morgan fingerprint density at radius 3 is 0.964 bits per heavy atom. The number of hydrogen-bond donors (Lipinski definition) is 4. The van der Waals surface area contributed by atoms with Crippen molar-refractivity contribution in [1.29, 1.82) is 0 Å². The molecule has 0 aliphatic heterocycles. The monoisotopic (exact) mass is 886 g/mol. The Kier molecular flexibility index (Phi) is 18.2. The van der Waals surface area contributed by atoms with Crippen LogP contribution in [-0.4, -0.2) is 90.2 Å². The number of benzene rings is 4. The molecule has 0 amide bonds. The summed E-state index contributed by atoms with van der Waals surface area (Å²) in [5.41, 5.74) is 0.963. The molecular formula is C34H29AlCl6N6O8. The van der Waals surface area contributed by atoms with E-state index in [1.165, 1.54) is 39.5 Å². The molecule has 55 heavy (non-hydrogen) atoms. The first-order valence-corrected chi connectivity index (χ1v) is 21.4. The van der Waals surface area contributed by atoms with E-state index in [1.54, 1.807) is 67.8 Å². The van der Waals surface area contributed by atoms with Crippen molar-refractivity contribution in [2.24, 2.45) is 0 Å². The zero-order chi connectivity index (χ0) is 40.7. The van der Waals surface area contributed by atoms with Crippen LogP contribution < -0.4 is 18.9 Å². The van der Waals surface area contributed by atoms with E-state index in [0.29, 0.717) is 39.7 Å². The van der Waals surface area contributed by atoms with Crippen LogP contribution in [0.4, 0.5) is 0 Å². The molecule has 21 heteroatoms. The minimum Gasteiger partial charge on any atom is -0.508 e. The summed E-state index contributed by atoms with van der Waals surface area (Å²) in [6.45, 7) is 0. The van der Waals surface area contributed by atoms with Gasteiger partial charge in [0.05, 0.1) is 45.1 Å². The summed E-state index contributed by atoms with van der Waals surface area (Å²) in [5.74, 6) is 2.41. The number of rotatable bonds is 7. The highest BCUT2D eigenvalue weighted by Gasteiger charge is 2.19. The fraction of sp³-hybridized carbons (Fsp3) is 0.118. The average Bonchev–Trinajstić information content (AvgIpc) is 3.14. The summed E-state index contributed by atoms with van der Waals surface area (Å²) in [6, 6.07) is 20.8. The number of aromatic hydroxyl groups is 4. The lowest BCUT2D eigenvalue weighted by Gasteiger charge is -2.12. The summed E-state index contributed by atoms with van der Waals surface area (Å²) in [4.78, 5) is 23.8. The fourth-order valence-electron chi connectivity index (χ4n) is 4.13. The number of phenols is 4. The largest absolute Gasteiger partial charge is 0.643 e. The minimum absolute atomic E-state index is 0.000000000000000444. The quantitative estimate of drug-likeness (QED) is 0.111. The van der Waals surface area contributed by atoms with Crippen molar-refractivity contribution in [3.8, 4) is 80.2 Å². The van der Waals surface area contributed by atoms with Crippen molar-refractivity contribution in [3.05, 3.63) is 94.7 Å². The Morgan fingerprint density at radius 1 is 0.436 bits per heavy atom. The van der Waals surface area contributed by atoms with Crippen molar-refractivity contribution in [3.63, 3.8) is 0 Å². The number of phenolic OH excluding ortho intramolecular Hbond substituents is 4. The van der Waals surface area contributed by atoms with Gasteiger partial charge in [-0.25, -0.2) is 45.1 Å². The van der Waals surface area contributed by atoms with E-state index in [0.717, 1.165) is 0 Å². The van der Waals surface area contributed by atoms with E-state index in [4.69, 9.17) is 89.0 Å². The number of ether oxygens (including phenoxy) is 4. The van der Waals surface area contributed by atoms with Gasteiger partial charge in [-0.1, -0.05) is 6.07 Å². The molecule has 0 aliphatic carbocycles. The number of nitrogens with zero attached hydrogens (tertiary/aromatic N) is 6. The highest BCUT2D eigenvalue weighted by Crippen LogP contribution is 2.37. The highest BCUT2D eigenvalue weighted by molar-refractivity contribution is 7.54. The van der Waals surface area contributed by atoms with Gasteiger partial charge in [0.1, 0.15) is 46.0 Å². The van der Waals surface area contributed by atoms with Crippen LogP contribution in [0.5, 0.6) is 46.0 Å². The molecule has 0 fully saturated rings. The molecule has 6 aromatic rings. The molecule has 0 saturated heterocycles. The first kappa shape index (κ1) is 45.0. The van der Waals surface area contributed by atoms with Crippen molar-refractivity contribution in [2.45, 2.75) is 0 Å². The molecule has 4 N–H and O–H groups in total. The first-order chi connectivity index (χ1) is 26.2. The number of methoxy groups -OCH3 is 4. The second kappa shape index (κ2) is 22.2. The molecule has 0 spiro atoms. The fourth-order valence-corrected chi connectivity index (χ4v) is 4.74. The van der Waals surface area contributed by atoms with Crippen molar-refractivity contribution in [2.75, 3.05) is 28.4 Å². The molecule has 0 atom stereocenters. The molecule has 4 aromatic carbocycles. The Balaban J connectivity index is 0.000000297. The van der Waals surface area contributed by atoms with E-state index in [1.807, 2.05) is 0 Å². The van der Waals surface area contributed by atoms with Gasteiger partial charge >= 0.3 is 11.4 Å². The second-order valence-corrected chi connectivity index (χ2v) is 17.5. The maximum absolute atomic E-state index is 10.5. The zero-order valence-corrected chi connectivity index (χ0v) is 34.6. The van der Waals surface area contributed by atoms with Gasteiger partial charge in [0.25, 0.3) is 0 Å². The van der Waals surface area contributed by atoms with Gasteiger partial charge in [0.15, 0.2) is 17.5 Å². The van der Waals surface area contributed by atoms with Gasteiger partial charge in [-0.3, -0.25) is 0 Å². The lowest BCUT2D eigenvalue weighted by Crippen LogP contribution is -2.01. The molecule has 2 aromatic heterocycles. The van der Waals surface area contributed by atoms with Gasteiger partial charge < -0.3 is 39.4 Å². The summed E-state index contributed by atoms with van der Waals surface area (Å²) in [6.07, 6.45) is 0. The lowest BCUT2D eigenvalue weighted by atomic mass is 10.1. The number of halogens is 6. The SMILES string of the molecule is COc1ccc(-c2nc(-c3ccc(OC)cc3O)nc(-c3ccc(OC)cc3O)n2)c(O)c1.COc1cccc(O)c1.Clc1nc(Cl)nc(Cl)n1.[Cl][Al]([Cl])[Cl]. The topological polar surface area (TPSA) is 195 Å². The van der Waals surface area contributed by atoms with Crippen LogP contribution in [0.1, 0.15) is 0 Å². The van der Waals surface area contributed by atoms with E-state index >= 15 is 0 Å². The van der Waals surface area contributed by atoms with Crippen LogP contribution in [0.3, 0.4) is 0 Å². The van der Waals surface area contributed by atoms with Gasteiger partial charge in [-0.15, -0.1) is 0 Å². The third-order valence-electron chi connectivity index (χ3n) is 6.58. The van der Waals surface area contributed by atoms with Crippen LogP contribution in [0, 0.1) is 0 Å². The molecule has 14 nitrogen and oxygen atoms in total. The number of hydrogen-bond acceptors (Lipinski definition) is 14. The van der Waals surface area contributed by atoms with Crippen LogP contribution >= 0.6 is 65.0 Å². The smallest absolute Gasteiger partial charge is 0.508 e.